The molecule has 0 saturated heterocycles. The second kappa shape index (κ2) is 3.56. The van der Waals surface area contributed by atoms with E-state index in [1.165, 1.54) is 0 Å². The highest BCUT2D eigenvalue weighted by Gasteiger charge is 2.08. The predicted molar refractivity (Wildman–Crippen MR) is 54.3 cm³/mol. The van der Waals surface area contributed by atoms with Crippen LogP contribution in [0.2, 0.25) is 0 Å². The average Bonchev–Trinajstić information content (AvgIpc) is 2.57. The first-order valence-corrected chi connectivity index (χ1v) is 4.37. The van der Waals surface area contributed by atoms with E-state index in [1.54, 1.807) is 23.4 Å². The van der Waals surface area contributed by atoms with Crippen molar-refractivity contribution in [3.8, 4) is 0 Å². The normalized spacial score (nSPS) is 11.3. The number of fused-ring (bicyclic) bond motifs is 1. The molecule has 0 radical (unpaired) electrons. The van der Waals surface area contributed by atoms with E-state index in [4.69, 9.17) is 0 Å². The molecule has 0 aliphatic heterocycles. The maximum atomic E-state index is 11.1. The average molecular weight is 206 g/mol. The molecule has 0 fully saturated rings. The number of nitrogens with zero attached hydrogens (tertiary/aromatic N) is 4. The lowest BCUT2D eigenvalue weighted by atomic mass is 10.2. The summed E-state index contributed by atoms with van der Waals surface area (Å²) >= 11 is 0. The van der Waals surface area contributed by atoms with Gasteiger partial charge in [-0.1, -0.05) is 0 Å². The molecule has 15 heavy (non-hydrogen) atoms. The minimum absolute atomic E-state index is 0.377. The van der Waals surface area contributed by atoms with E-state index < -0.39 is 0 Å². The molecule has 0 N–H and O–H groups in total. The van der Waals surface area contributed by atoms with Crippen LogP contribution in [0.25, 0.3) is 11.0 Å². The molecule has 0 amide bonds. The van der Waals surface area contributed by atoms with E-state index in [-0.39, 0.29) is 0 Å². The zero-order valence-electron chi connectivity index (χ0n) is 8.41. The minimum atomic E-state index is 0.377. The van der Waals surface area contributed by atoms with Crippen molar-refractivity contribution in [3.05, 3.63) is 29.0 Å². The lowest BCUT2D eigenvalue weighted by Crippen LogP contribution is -2.22. The summed E-state index contributed by atoms with van der Waals surface area (Å²) < 4.78 is 4.45. The molecule has 78 valence electrons. The van der Waals surface area contributed by atoms with Crippen molar-refractivity contribution in [2.24, 2.45) is 5.10 Å². The summed E-state index contributed by atoms with van der Waals surface area (Å²) in [5.74, 6) is 0. The van der Waals surface area contributed by atoms with Gasteiger partial charge < -0.3 is 10.2 Å². The number of aromatic nitrogens is 2. The zero-order chi connectivity index (χ0) is 10.8. The van der Waals surface area contributed by atoms with Crippen LogP contribution in [0.15, 0.2) is 27.9 Å². The van der Waals surface area contributed by atoms with Gasteiger partial charge in [0.15, 0.2) is 0 Å². The fourth-order valence-corrected chi connectivity index (χ4v) is 1.15. The van der Waals surface area contributed by atoms with E-state index in [1.807, 2.05) is 20.2 Å². The Morgan fingerprint density at radius 1 is 1.53 bits per heavy atom. The van der Waals surface area contributed by atoms with E-state index >= 15 is 0 Å². The van der Waals surface area contributed by atoms with Gasteiger partial charge in [-0.05, 0) is 22.6 Å². The van der Waals surface area contributed by atoms with Crippen LogP contribution >= 0.6 is 0 Å². The van der Waals surface area contributed by atoms with Gasteiger partial charge in [0.25, 0.3) is 0 Å². The van der Waals surface area contributed by atoms with Crippen molar-refractivity contribution >= 4 is 17.2 Å². The Labute approximate surface area is 85.9 Å². The Bertz CT molecular complexity index is 504. The molecule has 0 spiro atoms. The summed E-state index contributed by atoms with van der Waals surface area (Å²) in [6.45, 7) is 0. The Kier molecular flexibility index (Phi) is 2.24. The number of hydrogen-bond donors (Lipinski definition) is 0. The van der Waals surface area contributed by atoms with Crippen molar-refractivity contribution in [2.45, 2.75) is 0 Å². The van der Waals surface area contributed by atoms with Gasteiger partial charge in [0.1, 0.15) is 0 Å². The molecule has 0 aliphatic rings. The lowest BCUT2D eigenvalue weighted by Gasteiger charge is -2.01. The summed E-state index contributed by atoms with van der Waals surface area (Å²) in [6, 6.07) is 5.20. The first kappa shape index (κ1) is 9.45. The van der Waals surface area contributed by atoms with Crippen LogP contribution in [-0.2, 0) is 0 Å². The van der Waals surface area contributed by atoms with Crippen LogP contribution in [0.5, 0.6) is 0 Å². The van der Waals surface area contributed by atoms with Gasteiger partial charge in [0.05, 0.1) is 6.21 Å². The summed E-state index contributed by atoms with van der Waals surface area (Å²) in [5, 5.41) is 20.4. The van der Waals surface area contributed by atoms with Gasteiger partial charge in [-0.2, -0.15) is 5.10 Å². The molecule has 1 aromatic heterocycles. The molecule has 0 bridgehead atoms. The fraction of sp³-hybridized carbons (Fsp3) is 0.222. The summed E-state index contributed by atoms with van der Waals surface area (Å²) in [5.41, 5.74) is 1.76. The summed E-state index contributed by atoms with van der Waals surface area (Å²) in [4.78, 5) is 0.377. The van der Waals surface area contributed by atoms with Crippen LogP contribution < -0.4 is 4.90 Å². The Morgan fingerprint density at radius 2 is 2.33 bits per heavy atom. The second-order valence-corrected chi connectivity index (χ2v) is 3.27. The maximum Gasteiger partial charge on any atom is 0.248 e. The largest absolute Gasteiger partial charge is 0.359 e. The Morgan fingerprint density at radius 3 is 3.07 bits per heavy atom. The molecule has 0 aliphatic carbocycles. The Balaban J connectivity index is 2.41. The van der Waals surface area contributed by atoms with Gasteiger partial charge in [0, 0.05) is 25.3 Å². The third-order valence-corrected chi connectivity index (χ3v) is 1.85. The van der Waals surface area contributed by atoms with E-state index in [9.17, 15) is 5.21 Å². The number of hydrazone groups is 1. The SMILES string of the molecule is CN(C)/N=C/c1ccc2no[n+]([O-])c2c1. The fourth-order valence-electron chi connectivity index (χ4n) is 1.15. The van der Waals surface area contributed by atoms with Gasteiger partial charge in [-0.3, -0.25) is 4.63 Å². The van der Waals surface area contributed by atoms with E-state index in [0.717, 1.165) is 5.56 Å². The first-order chi connectivity index (χ1) is 7.16. The third kappa shape index (κ3) is 1.88. The molecule has 0 unspecified atom stereocenters. The highest BCUT2D eigenvalue weighted by Crippen LogP contribution is 2.08. The van der Waals surface area contributed by atoms with Gasteiger partial charge in [-0.25, -0.2) is 0 Å². The molecular weight excluding hydrogens is 196 g/mol. The van der Waals surface area contributed by atoms with Crippen molar-refractivity contribution in [1.82, 2.24) is 10.2 Å². The van der Waals surface area contributed by atoms with E-state index in [0.29, 0.717) is 15.9 Å². The number of hydrogen-bond acceptors (Lipinski definition) is 5. The smallest absolute Gasteiger partial charge is 0.248 e. The van der Waals surface area contributed by atoms with Crippen molar-refractivity contribution in [1.29, 1.82) is 0 Å². The molecule has 2 aromatic rings. The van der Waals surface area contributed by atoms with Crippen molar-refractivity contribution < 1.29 is 9.53 Å². The van der Waals surface area contributed by atoms with Crippen LogP contribution in [0.1, 0.15) is 5.56 Å². The monoisotopic (exact) mass is 206 g/mol. The molecule has 0 saturated carbocycles. The van der Waals surface area contributed by atoms with E-state index in [2.05, 4.69) is 14.9 Å². The highest BCUT2D eigenvalue weighted by atomic mass is 16.8. The summed E-state index contributed by atoms with van der Waals surface area (Å²) in [7, 11) is 3.64. The molecule has 1 aromatic carbocycles. The van der Waals surface area contributed by atoms with Crippen LogP contribution in [-0.4, -0.2) is 30.5 Å². The van der Waals surface area contributed by atoms with Gasteiger partial charge in [-0.15, -0.1) is 0 Å². The molecule has 6 heteroatoms. The predicted octanol–water partition coefficient (Wildman–Crippen LogP) is 0.357. The molecule has 2 rings (SSSR count). The molecule has 0 atom stereocenters. The minimum Gasteiger partial charge on any atom is -0.359 e. The molecule has 6 nitrogen and oxygen atoms in total. The lowest BCUT2D eigenvalue weighted by molar-refractivity contribution is -0.782. The van der Waals surface area contributed by atoms with Gasteiger partial charge >= 0.3 is 0 Å². The highest BCUT2D eigenvalue weighted by molar-refractivity contribution is 5.85. The quantitative estimate of drug-likeness (QED) is 0.404. The second-order valence-electron chi connectivity index (χ2n) is 3.27. The van der Waals surface area contributed by atoms with Crippen molar-refractivity contribution in [2.75, 3.05) is 14.1 Å². The van der Waals surface area contributed by atoms with Crippen LogP contribution in [0.3, 0.4) is 0 Å². The van der Waals surface area contributed by atoms with Gasteiger partial charge in [0.2, 0.25) is 11.0 Å². The summed E-state index contributed by atoms with van der Waals surface area (Å²) in [6.07, 6.45) is 1.66. The standard InChI is InChI=1S/C9H10N4O2/c1-12(2)10-6-7-3-4-8-9(5-7)13(14)15-11-8/h3-6H,1-2H3/b10-6+. The number of rotatable bonds is 2. The number of benzene rings is 1. The maximum absolute atomic E-state index is 11.1. The molecular formula is C9H10N4O2. The third-order valence-electron chi connectivity index (χ3n) is 1.85. The topological polar surface area (TPSA) is 68.6 Å². The zero-order valence-corrected chi connectivity index (χ0v) is 8.41. The Hall–Kier alpha value is -2.11. The first-order valence-electron chi connectivity index (χ1n) is 4.37. The van der Waals surface area contributed by atoms with Crippen LogP contribution in [0.4, 0.5) is 0 Å². The van der Waals surface area contributed by atoms with Crippen LogP contribution in [0, 0.1) is 5.21 Å². The van der Waals surface area contributed by atoms with Crippen molar-refractivity contribution in [3.63, 3.8) is 0 Å². The molecule has 1 heterocycles.